The van der Waals surface area contributed by atoms with Gasteiger partial charge in [0.1, 0.15) is 0 Å². The molecule has 2 rings (SSSR count). The van der Waals surface area contributed by atoms with Crippen molar-refractivity contribution in [2.24, 2.45) is 10.7 Å². The third-order valence-electron chi connectivity index (χ3n) is 4.81. The topological polar surface area (TPSA) is 56.9 Å². The van der Waals surface area contributed by atoms with E-state index in [-0.39, 0.29) is 0 Å². The van der Waals surface area contributed by atoms with Gasteiger partial charge < -0.3 is 16.0 Å². The van der Waals surface area contributed by atoms with Crippen molar-refractivity contribution in [3.63, 3.8) is 0 Å². The molecule has 1 aliphatic heterocycles. The summed E-state index contributed by atoms with van der Waals surface area (Å²) in [5, 5.41) is 3.26. The molecule has 5 nitrogen and oxygen atoms in total. The monoisotopic (exact) mass is 331 g/mol. The Hall–Kier alpha value is -1.75. The first-order valence-electron chi connectivity index (χ1n) is 9.23. The van der Waals surface area contributed by atoms with Crippen molar-refractivity contribution in [3.8, 4) is 0 Å². The average Bonchev–Trinajstić information content (AvgIpc) is 3.04. The van der Waals surface area contributed by atoms with Gasteiger partial charge in [-0.2, -0.15) is 0 Å². The van der Waals surface area contributed by atoms with Gasteiger partial charge in [0, 0.05) is 31.4 Å². The minimum atomic E-state index is 0.565. The molecule has 0 aromatic heterocycles. The van der Waals surface area contributed by atoms with Crippen LogP contribution in [0.25, 0.3) is 0 Å². The number of nitrogens with two attached hydrogens (primary N) is 1. The molecule has 0 saturated carbocycles. The van der Waals surface area contributed by atoms with Crippen LogP contribution < -0.4 is 16.0 Å². The summed E-state index contributed by atoms with van der Waals surface area (Å²) in [6.07, 6.45) is 2.52. The molecular formula is C19H33N5. The molecule has 134 valence electrons. The predicted octanol–water partition coefficient (Wildman–Crippen LogP) is 2.21. The van der Waals surface area contributed by atoms with Gasteiger partial charge in [-0.15, -0.1) is 0 Å². The van der Waals surface area contributed by atoms with E-state index in [2.05, 4.69) is 65.1 Å². The molecule has 0 spiro atoms. The zero-order valence-corrected chi connectivity index (χ0v) is 15.5. The quantitative estimate of drug-likeness (QED) is 0.566. The molecule has 3 N–H and O–H groups in total. The van der Waals surface area contributed by atoms with Crippen LogP contribution in [0, 0.1) is 6.92 Å². The van der Waals surface area contributed by atoms with Crippen LogP contribution in [0.3, 0.4) is 0 Å². The standard InChI is InChI=1S/C19H33N5/c1-4-23-12-7-10-18(23)15-22-19(20)21-11-13-24(5-2)17-9-6-8-16(3)14-17/h6,8-9,14,18H,4-5,7,10-13,15H2,1-3H3,(H3,20,21,22). The lowest BCUT2D eigenvalue weighted by Gasteiger charge is -2.24. The first-order chi connectivity index (χ1) is 11.6. The van der Waals surface area contributed by atoms with E-state index in [1.807, 2.05) is 0 Å². The van der Waals surface area contributed by atoms with E-state index in [0.29, 0.717) is 12.0 Å². The lowest BCUT2D eigenvalue weighted by molar-refractivity contribution is 0.273. The molecule has 1 fully saturated rings. The lowest BCUT2D eigenvalue weighted by Crippen LogP contribution is -2.39. The van der Waals surface area contributed by atoms with Gasteiger partial charge >= 0.3 is 0 Å². The van der Waals surface area contributed by atoms with Crippen molar-refractivity contribution < 1.29 is 0 Å². The number of anilines is 1. The Kier molecular flexibility index (Phi) is 7.37. The number of hydrogen-bond acceptors (Lipinski definition) is 3. The van der Waals surface area contributed by atoms with Crippen molar-refractivity contribution >= 4 is 11.6 Å². The Morgan fingerprint density at radius 2 is 2.25 bits per heavy atom. The van der Waals surface area contributed by atoms with Crippen molar-refractivity contribution in [1.29, 1.82) is 0 Å². The summed E-state index contributed by atoms with van der Waals surface area (Å²) >= 11 is 0. The molecule has 24 heavy (non-hydrogen) atoms. The van der Waals surface area contributed by atoms with Crippen LogP contribution in [-0.2, 0) is 0 Å². The highest BCUT2D eigenvalue weighted by molar-refractivity contribution is 5.77. The fourth-order valence-corrected chi connectivity index (χ4v) is 3.39. The Bertz CT molecular complexity index is 528. The fraction of sp³-hybridized carbons (Fsp3) is 0.632. The molecule has 1 saturated heterocycles. The zero-order valence-electron chi connectivity index (χ0n) is 15.5. The smallest absolute Gasteiger partial charge is 0.188 e. The number of nitrogens with zero attached hydrogens (tertiary/aromatic N) is 3. The maximum atomic E-state index is 6.03. The Morgan fingerprint density at radius 1 is 1.42 bits per heavy atom. The van der Waals surface area contributed by atoms with E-state index in [9.17, 15) is 0 Å². The zero-order chi connectivity index (χ0) is 17.4. The van der Waals surface area contributed by atoms with Crippen LogP contribution in [0.4, 0.5) is 5.69 Å². The van der Waals surface area contributed by atoms with Gasteiger partial charge in [-0.3, -0.25) is 9.89 Å². The van der Waals surface area contributed by atoms with E-state index in [4.69, 9.17) is 5.73 Å². The first kappa shape index (κ1) is 18.6. The van der Waals surface area contributed by atoms with Crippen molar-refractivity contribution in [2.45, 2.75) is 39.7 Å². The van der Waals surface area contributed by atoms with Gasteiger partial charge in [-0.25, -0.2) is 0 Å². The van der Waals surface area contributed by atoms with E-state index in [1.54, 1.807) is 0 Å². The Balaban J connectivity index is 1.76. The number of hydrogen-bond donors (Lipinski definition) is 2. The number of rotatable bonds is 8. The molecule has 1 aliphatic rings. The number of aryl methyl sites for hydroxylation is 1. The molecule has 5 heteroatoms. The molecule has 1 heterocycles. The van der Waals surface area contributed by atoms with Crippen LogP contribution >= 0.6 is 0 Å². The van der Waals surface area contributed by atoms with Crippen LogP contribution in [-0.4, -0.2) is 56.2 Å². The summed E-state index contributed by atoms with van der Waals surface area (Å²) in [6, 6.07) is 9.18. The summed E-state index contributed by atoms with van der Waals surface area (Å²) in [4.78, 5) is 9.38. The van der Waals surface area contributed by atoms with Gasteiger partial charge in [-0.05, 0) is 57.5 Å². The molecule has 1 unspecified atom stereocenters. The molecule has 0 bridgehead atoms. The SMILES string of the molecule is CCN(CCNC(N)=NCC1CCCN1CC)c1cccc(C)c1. The van der Waals surface area contributed by atoms with E-state index < -0.39 is 0 Å². The number of nitrogens with one attached hydrogen (secondary N) is 1. The average molecular weight is 332 g/mol. The second kappa shape index (κ2) is 9.52. The summed E-state index contributed by atoms with van der Waals surface area (Å²) in [7, 11) is 0. The van der Waals surface area contributed by atoms with Gasteiger partial charge in [0.15, 0.2) is 5.96 Å². The highest BCUT2D eigenvalue weighted by Crippen LogP contribution is 2.16. The third-order valence-corrected chi connectivity index (χ3v) is 4.81. The molecule has 1 atom stereocenters. The van der Waals surface area contributed by atoms with E-state index in [1.165, 1.54) is 30.6 Å². The number of benzene rings is 1. The maximum absolute atomic E-state index is 6.03. The fourth-order valence-electron chi connectivity index (χ4n) is 3.39. The van der Waals surface area contributed by atoms with Gasteiger partial charge in [0.2, 0.25) is 0 Å². The minimum absolute atomic E-state index is 0.565. The molecule has 1 aromatic carbocycles. The molecule has 0 aliphatic carbocycles. The van der Waals surface area contributed by atoms with Crippen LogP contribution in [0.5, 0.6) is 0 Å². The van der Waals surface area contributed by atoms with Gasteiger partial charge in [-0.1, -0.05) is 19.1 Å². The molecule has 0 amide bonds. The van der Waals surface area contributed by atoms with Crippen LogP contribution in [0.15, 0.2) is 29.3 Å². The number of aliphatic imine (C=N–C) groups is 1. The van der Waals surface area contributed by atoms with Crippen molar-refractivity contribution in [2.75, 3.05) is 44.2 Å². The normalized spacial score (nSPS) is 18.8. The first-order valence-corrected chi connectivity index (χ1v) is 9.23. The third kappa shape index (κ3) is 5.41. The van der Waals surface area contributed by atoms with E-state index in [0.717, 1.165) is 32.7 Å². The summed E-state index contributed by atoms with van der Waals surface area (Å²) in [6.45, 7) is 12.3. The molecule has 0 radical (unpaired) electrons. The largest absolute Gasteiger partial charge is 0.370 e. The van der Waals surface area contributed by atoms with Crippen molar-refractivity contribution in [3.05, 3.63) is 29.8 Å². The maximum Gasteiger partial charge on any atom is 0.188 e. The number of likely N-dealkylation sites (tertiary alicyclic amines) is 1. The van der Waals surface area contributed by atoms with Crippen LogP contribution in [0.2, 0.25) is 0 Å². The second-order valence-corrected chi connectivity index (χ2v) is 6.50. The Morgan fingerprint density at radius 3 is 2.96 bits per heavy atom. The molecular weight excluding hydrogens is 298 g/mol. The summed E-state index contributed by atoms with van der Waals surface area (Å²) < 4.78 is 0. The van der Waals surface area contributed by atoms with Gasteiger partial charge in [0.05, 0.1) is 6.54 Å². The highest BCUT2D eigenvalue weighted by Gasteiger charge is 2.22. The summed E-state index contributed by atoms with van der Waals surface area (Å²) in [5.41, 5.74) is 8.58. The lowest BCUT2D eigenvalue weighted by atomic mass is 10.2. The summed E-state index contributed by atoms with van der Waals surface area (Å²) in [5.74, 6) is 0.568. The minimum Gasteiger partial charge on any atom is -0.370 e. The molecule has 1 aromatic rings. The van der Waals surface area contributed by atoms with E-state index >= 15 is 0 Å². The second-order valence-electron chi connectivity index (χ2n) is 6.50. The number of likely N-dealkylation sites (N-methyl/N-ethyl adjacent to an activating group) is 2. The van der Waals surface area contributed by atoms with Crippen molar-refractivity contribution in [1.82, 2.24) is 10.2 Å². The predicted molar refractivity (Wildman–Crippen MR) is 104 cm³/mol. The van der Waals surface area contributed by atoms with Crippen LogP contribution in [0.1, 0.15) is 32.3 Å². The Labute approximate surface area is 146 Å². The van der Waals surface area contributed by atoms with Gasteiger partial charge in [0.25, 0.3) is 0 Å². The highest BCUT2D eigenvalue weighted by atomic mass is 15.2. The number of guanidine groups is 1.